The zero-order chi connectivity index (χ0) is 15.2. The first kappa shape index (κ1) is 15.4. The molecule has 1 heterocycles. The third-order valence-corrected chi connectivity index (χ3v) is 3.51. The number of benzene rings is 1. The summed E-state index contributed by atoms with van der Waals surface area (Å²) >= 11 is 0. The molecule has 0 atom stereocenters. The maximum Gasteiger partial charge on any atom is 0.170 e. The summed E-state index contributed by atoms with van der Waals surface area (Å²) in [7, 11) is 0. The van der Waals surface area contributed by atoms with Crippen LogP contribution in [-0.2, 0) is 11.3 Å². The summed E-state index contributed by atoms with van der Waals surface area (Å²) < 4.78 is 7.78. The van der Waals surface area contributed by atoms with Crippen molar-refractivity contribution in [2.24, 2.45) is 16.8 Å². The molecule has 1 aromatic carbocycles. The molecule has 114 valence electrons. The summed E-state index contributed by atoms with van der Waals surface area (Å²) in [6, 6.07) is 7.76. The Kier molecular flexibility index (Phi) is 5.22. The molecule has 0 aliphatic rings. The third-order valence-electron chi connectivity index (χ3n) is 3.51. The summed E-state index contributed by atoms with van der Waals surface area (Å²) in [6.07, 6.45) is 3.09. The number of nitrogens with zero attached hydrogens (tertiary/aromatic N) is 2. The average molecular weight is 289 g/mol. The van der Waals surface area contributed by atoms with Gasteiger partial charge in [0.2, 0.25) is 0 Å². The van der Waals surface area contributed by atoms with Gasteiger partial charge in [-0.25, -0.2) is 0 Å². The van der Waals surface area contributed by atoms with Crippen LogP contribution in [0, 0.1) is 5.92 Å². The van der Waals surface area contributed by atoms with Crippen molar-refractivity contribution >= 4 is 16.7 Å². The molecule has 21 heavy (non-hydrogen) atoms. The Balaban J connectivity index is 2.05. The number of fused-ring (bicyclic) bond motifs is 1. The van der Waals surface area contributed by atoms with Crippen molar-refractivity contribution in [1.82, 2.24) is 4.57 Å². The molecule has 0 amide bonds. The Bertz CT molecular complexity index is 617. The summed E-state index contributed by atoms with van der Waals surface area (Å²) in [5.74, 6) is 0.798. The molecule has 1 aromatic heterocycles. The topological polar surface area (TPSA) is 72.8 Å². The van der Waals surface area contributed by atoms with Crippen molar-refractivity contribution < 1.29 is 9.94 Å². The van der Waals surface area contributed by atoms with E-state index in [0.29, 0.717) is 12.5 Å². The Morgan fingerprint density at radius 1 is 1.33 bits per heavy atom. The quantitative estimate of drug-likeness (QED) is 0.271. The molecular weight excluding hydrogens is 266 g/mol. The van der Waals surface area contributed by atoms with Crippen LogP contribution in [0.3, 0.4) is 0 Å². The number of amidine groups is 1. The van der Waals surface area contributed by atoms with Gasteiger partial charge in [0.1, 0.15) is 0 Å². The van der Waals surface area contributed by atoms with Gasteiger partial charge in [-0.05, 0) is 24.5 Å². The highest BCUT2D eigenvalue weighted by Gasteiger charge is 2.08. The van der Waals surface area contributed by atoms with Gasteiger partial charge in [-0.2, -0.15) is 0 Å². The molecule has 0 saturated heterocycles. The van der Waals surface area contributed by atoms with Gasteiger partial charge in [0.15, 0.2) is 5.84 Å². The number of oxime groups is 1. The largest absolute Gasteiger partial charge is 0.409 e. The first-order valence-corrected chi connectivity index (χ1v) is 7.27. The number of ether oxygens (including phenoxy) is 1. The normalized spacial score (nSPS) is 12.4. The smallest absolute Gasteiger partial charge is 0.170 e. The first-order chi connectivity index (χ1) is 10.1. The zero-order valence-electron chi connectivity index (χ0n) is 12.6. The molecule has 2 aromatic rings. The van der Waals surface area contributed by atoms with Crippen molar-refractivity contribution in [2.75, 3.05) is 13.2 Å². The summed E-state index contributed by atoms with van der Waals surface area (Å²) in [4.78, 5) is 0. The predicted molar refractivity (Wildman–Crippen MR) is 84.7 cm³/mol. The number of hydrogen-bond donors (Lipinski definition) is 2. The molecule has 0 radical (unpaired) electrons. The van der Waals surface area contributed by atoms with E-state index in [-0.39, 0.29) is 5.84 Å². The lowest BCUT2D eigenvalue weighted by Gasteiger charge is -2.09. The van der Waals surface area contributed by atoms with E-state index in [0.717, 1.165) is 36.0 Å². The van der Waals surface area contributed by atoms with Gasteiger partial charge < -0.3 is 20.2 Å². The van der Waals surface area contributed by atoms with E-state index in [1.807, 2.05) is 30.5 Å². The van der Waals surface area contributed by atoms with Gasteiger partial charge in [0.05, 0.1) is 6.61 Å². The highest BCUT2D eigenvalue weighted by atomic mass is 16.5. The van der Waals surface area contributed by atoms with Crippen molar-refractivity contribution in [2.45, 2.75) is 26.8 Å². The van der Waals surface area contributed by atoms with Crippen molar-refractivity contribution in [3.05, 3.63) is 36.0 Å². The Labute approximate surface area is 125 Å². The Morgan fingerprint density at radius 3 is 2.86 bits per heavy atom. The number of aromatic nitrogens is 1. The monoisotopic (exact) mass is 289 g/mol. The second kappa shape index (κ2) is 7.13. The van der Waals surface area contributed by atoms with Crippen molar-refractivity contribution in [3.8, 4) is 0 Å². The second-order valence-electron chi connectivity index (χ2n) is 5.53. The molecule has 0 aliphatic heterocycles. The van der Waals surface area contributed by atoms with Crippen LogP contribution in [-0.4, -0.2) is 28.8 Å². The van der Waals surface area contributed by atoms with Crippen LogP contribution >= 0.6 is 0 Å². The van der Waals surface area contributed by atoms with Gasteiger partial charge in [-0.3, -0.25) is 0 Å². The minimum atomic E-state index is 0.131. The fourth-order valence-electron chi connectivity index (χ4n) is 2.28. The highest BCUT2D eigenvalue weighted by molar-refractivity contribution is 6.08. The zero-order valence-corrected chi connectivity index (χ0v) is 12.6. The van der Waals surface area contributed by atoms with Crippen molar-refractivity contribution in [1.29, 1.82) is 0 Å². The maximum absolute atomic E-state index is 8.84. The molecule has 5 nitrogen and oxygen atoms in total. The van der Waals surface area contributed by atoms with Crippen LogP contribution in [0.1, 0.15) is 25.8 Å². The minimum absolute atomic E-state index is 0.131. The van der Waals surface area contributed by atoms with E-state index in [9.17, 15) is 0 Å². The molecule has 3 N–H and O–H groups in total. The van der Waals surface area contributed by atoms with Gasteiger partial charge >= 0.3 is 0 Å². The minimum Gasteiger partial charge on any atom is -0.409 e. The van der Waals surface area contributed by atoms with E-state index in [2.05, 4.69) is 23.6 Å². The molecule has 0 aliphatic carbocycles. The number of nitrogens with two attached hydrogens (primary N) is 1. The summed E-state index contributed by atoms with van der Waals surface area (Å²) in [5.41, 5.74) is 7.51. The molecule has 0 fully saturated rings. The van der Waals surface area contributed by atoms with Crippen molar-refractivity contribution in [3.63, 3.8) is 0 Å². The van der Waals surface area contributed by atoms with Crippen LogP contribution in [0.4, 0.5) is 0 Å². The van der Waals surface area contributed by atoms with Crippen LogP contribution in [0.5, 0.6) is 0 Å². The lowest BCUT2D eigenvalue weighted by atomic mass is 10.1. The standard InChI is InChI=1S/C16H23N3O2/c1-12(2)7-10-21-11-9-19-8-6-13-14(16(17)18-20)4-3-5-15(13)19/h3-6,8,12,20H,7,9-11H2,1-2H3,(H2,17,18). The van der Waals surface area contributed by atoms with E-state index < -0.39 is 0 Å². The molecule has 5 heteroatoms. The fourth-order valence-corrected chi connectivity index (χ4v) is 2.28. The summed E-state index contributed by atoms with van der Waals surface area (Å²) in [6.45, 7) is 6.66. The van der Waals surface area contributed by atoms with Gasteiger partial charge in [-0.1, -0.05) is 31.1 Å². The Hall–Kier alpha value is -2.01. The van der Waals surface area contributed by atoms with E-state index in [1.54, 1.807) is 0 Å². The van der Waals surface area contributed by atoms with E-state index in [4.69, 9.17) is 15.7 Å². The van der Waals surface area contributed by atoms with E-state index >= 15 is 0 Å². The third kappa shape index (κ3) is 3.76. The molecule has 0 saturated carbocycles. The lowest BCUT2D eigenvalue weighted by Crippen LogP contribution is -2.13. The van der Waals surface area contributed by atoms with Gasteiger partial charge in [-0.15, -0.1) is 0 Å². The highest BCUT2D eigenvalue weighted by Crippen LogP contribution is 2.20. The first-order valence-electron chi connectivity index (χ1n) is 7.27. The second-order valence-corrected chi connectivity index (χ2v) is 5.53. The molecular formula is C16H23N3O2. The van der Waals surface area contributed by atoms with Crippen LogP contribution in [0.25, 0.3) is 10.9 Å². The van der Waals surface area contributed by atoms with Gasteiger partial charge in [0.25, 0.3) is 0 Å². The number of hydrogen-bond acceptors (Lipinski definition) is 3. The van der Waals surface area contributed by atoms with Crippen LogP contribution < -0.4 is 5.73 Å². The maximum atomic E-state index is 8.84. The molecule has 0 bridgehead atoms. The van der Waals surface area contributed by atoms with Gasteiger partial charge in [0, 0.05) is 35.8 Å². The lowest BCUT2D eigenvalue weighted by molar-refractivity contribution is 0.117. The average Bonchev–Trinajstić information content (AvgIpc) is 2.89. The van der Waals surface area contributed by atoms with Crippen LogP contribution in [0.15, 0.2) is 35.6 Å². The predicted octanol–water partition coefficient (Wildman–Crippen LogP) is 2.80. The van der Waals surface area contributed by atoms with E-state index in [1.165, 1.54) is 0 Å². The molecule has 0 spiro atoms. The molecule has 0 unspecified atom stereocenters. The summed E-state index contributed by atoms with van der Waals surface area (Å²) in [5, 5.41) is 12.9. The fraction of sp³-hybridized carbons (Fsp3) is 0.438. The number of rotatable bonds is 7. The SMILES string of the molecule is CC(C)CCOCCn1ccc2c(/C(N)=N/O)cccc21. The van der Waals surface area contributed by atoms with Crippen LogP contribution in [0.2, 0.25) is 0 Å². The molecule has 2 rings (SSSR count). The Morgan fingerprint density at radius 2 is 2.14 bits per heavy atom.